The van der Waals surface area contributed by atoms with Gasteiger partial charge in [0.25, 0.3) is 0 Å². The molecule has 196 valence electrons. The maximum Gasteiger partial charge on any atom is 0.110 e. The van der Waals surface area contributed by atoms with Gasteiger partial charge in [-0.2, -0.15) is 11.8 Å². The number of hydrogen-bond acceptors (Lipinski definition) is 6. The number of aliphatic hydroxyl groups excluding tert-OH is 3. The SMILES string of the molecule is CCC(O)(CC)CS[C@H](C)[C@H]1CC[C@H]2/C(=C/C=C3CC(O)C(OCCO)[C@H](O)C3)CCC[C@]12C. The fraction of sp³-hybridized carbons (Fsp3) is 0.857. The molecule has 2 unspecified atom stereocenters. The van der Waals surface area contributed by atoms with Gasteiger partial charge < -0.3 is 25.2 Å². The van der Waals surface area contributed by atoms with Gasteiger partial charge in [0.1, 0.15) is 6.10 Å². The summed E-state index contributed by atoms with van der Waals surface area (Å²) >= 11 is 1.96. The summed E-state index contributed by atoms with van der Waals surface area (Å²) in [6, 6.07) is 0. The summed E-state index contributed by atoms with van der Waals surface area (Å²) in [5, 5.41) is 41.2. The van der Waals surface area contributed by atoms with Crippen molar-refractivity contribution in [2.24, 2.45) is 17.3 Å². The molecule has 3 fully saturated rings. The summed E-state index contributed by atoms with van der Waals surface area (Å²) < 4.78 is 5.45. The second-order valence-electron chi connectivity index (χ2n) is 11.2. The highest BCUT2D eigenvalue weighted by Crippen LogP contribution is 2.59. The van der Waals surface area contributed by atoms with Gasteiger partial charge in [0, 0.05) is 11.0 Å². The molecule has 0 aromatic heterocycles. The Hall–Kier alpha value is -0.370. The highest BCUT2D eigenvalue weighted by Gasteiger charge is 2.51. The minimum atomic E-state index is -0.741. The lowest BCUT2D eigenvalue weighted by molar-refractivity contribution is -0.115. The van der Waals surface area contributed by atoms with Crippen LogP contribution in [0.3, 0.4) is 0 Å². The van der Waals surface area contributed by atoms with E-state index in [0.717, 1.165) is 30.6 Å². The summed E-state index contributed by atoms with van der Waals surface area (Å²) in [6.45, 7) is 9.06. The van der Waals surface area contributed by atoms with Crippen LogP contribution in [0.2, 0.25) is 0 Å². The number of ether oxygens (including phenoxy) is 1. The molecule has 6 heteroatoms. The molecular formula is C28H48O5S. The van der Waals surface area contributed by atoms with Crippen molar-refractivity contribution in [1.29, 1.82) is 0 Å². The van der Waals surface area contributed by atoms with Crippen LogP contribution < -0.4 is 0 Å². The van der Waals surface area contributed by atoms with Crippen molar-refractivity contribution in [3.05, 3.63) is 23.3 Å². The molecule has 0 saturated heterocycles. The Morgan fingerprint density at radius 2 is 1.82 bits per heavy atom. The third kappa shape index (κ3) is 6.30. The van der Waals surface area contributed by atoms with E-state index in [-0.39, 0.29) is 13.2 Å². The molecule has 0 spiro atoms. The first-order valence-electron chi connectivity index (χ1n) is 13.5. The van der Waals surface area contributed by atoms with E-state index in [0.29, 0.717) is 35.3 Å². The second kappa shape index (κ2) is 12.2. The van der Waals surface area contributed by atoms with Gasteiger partial charge in [0.05, 0.1) is 31.0 Å². The predicted octanol–water partition coefficient (Wildman–Crippen LogP) is 4.62. The number of thioether (sulfide) groups is 1. The fourth-order valence-corrected chi connectivity index (χ4v) is 8.45. The van der Waals surface area contributed by atoms with Crippen LogP contribution in [0, 0.1) is 17.3 Å². The van der Waals surface area contributed by atoms with Crippen molar-refractivity contribution in [2.45, 2.75) is 115 Å². The van der Waals surface area contributed by atoms with Crippen LogP contribution in [0.4, 0.5) is 0 Å². The van der Waals surface area contributed by atoms with E-state index in [2.05, 4.69) is 39.8 Å². The average molecular weight is 497 g/mol. The van der Waals surface area contributed by atoms with Crippen molar-refractivity contribution in [1.82, 2.24) is 0 Å². The number of allylic oxidation sites excluding steroid dienone is 3. The lowest BCUT2D eigenvalue weighted by Crippen LogP contribution is -2.44. The molecule has 3 aliphatic rings. The fourth-order valence-electron chi connectivity index (χ4n) is 6.79. The Morgan fingerprint density at radius 1 is 1.15 bits per heavy atom. The molecule has 0 amide bonds. The van der Waals surface area contributed by atoms with Crippen LogP contribution >= 0.6 is 11.8 Å². The zero-order valence-electron chi connectivity index (χ0n) is 21.7. The first-order valence-corrected chi connectivity index (χ1v) is 14.5. The molecule has 0 aromatic rings. The van der Waals surface area contributed by atoms with Gasteiger partial charge in [-0.25, -0.2) is 0 Å². The van der Waals surface area contributed by atoms with Gasteiger partial charge in [-0.1, -0.05) is 51.0 Å². The van der Waals surface area contributed by atoms with Crippen molar-refractivity contribution in [3.8, 4) is 0 Å². The molecule has 0 aromatic carbocycles. The van der Waals surface area contributed by atoms with Gasteiger partial charge in [0.2, 0.25) is 0 Å². The second-order valence-corrected chi connectivity index (χ2v) is 12.6. The van der Waals surface area contributed by atoms with E-state index < -0.39 is 23.9 Å². The predicted molar refractivity (Wildman–Crippen MR) is 140 cm³/mol. The largest absolute Gasteiger partial charge is 0.394 e. The smallest absolute Gasteiger partial charge is 0.110 e. The highest BCUT2D eigenvalue weighted by molar-refractivity contribution is 7.99. The molecule has 0 radical (unpaired) electrons. The zero-order valence-corrected chi connectivity index (χ0v) is 22.5. The van der Waals surface area contributed by atoms with E-state index in [9.17, 15) is 15.3 Å². The van der Waals surface area contributed by atoms with Crippen LogP contribution in [-0.2, 0) is 4.74 Å². The van der Waals surface area contributed by atoms with Crippen LogP contribution in [0.25, 0.3) is 0 Å². The van der Waals surface area contributed by atoms with Crippen LogP contribution in [0.1, 0.15) is 85.5 Å². The Bertz CT molecular complexity index is 704. The molecule has 7 atom stereocenters. The first kappa shape index (κ1) is 28.2. The minimum Gasteiger partial charge on any atom is -0.394 e. The van der Waals surface area contributed by atoms with Crippen molar-refractivity contribution in [3.63, 3.8) is 0 Å². The van der Waals surface area contributed by atoms with E-state index in [1.54, 1.807) is 0 Å². The summed E-state index contributed by atoms with van der Waals surface area (Å²) in [5.41, 5.74) is 2.36. The van der Waals surface area contributed by atoms with Gasteiger partial charge >= 0.3 is 0 Å². The van der Waals surface area contributed by atoms with Crippen molar-refractivity contribution >= 4 is 11.8 Å². The molecule has 4 N–H and O–H groups in total. The maximum atomic E-state index is 10.8. The summed E-state index contributed by atoms with van der Waals surface area (Å²) in [5.74, 6) is 2.09. The number of fused-ring (bicyclic) bond motifs is 1. The summed E-state index contributed by atoms with van der Waals surface area (Å²) in [4.78, 5) is 0. The Labute approximate surface area is 211 Å². The molecule has 5 nitrogen and oxygen atoms in total. The molecule has 34 heavy (non-hydrogen) atoms. The number of hydrogen-bond donors (Lipinski definition) is 4. The molecule has 3 aliphatic carbocycles. The number of rotatable bonds is 10. The van der Waals surface area contributed by atoms with Gasteiger partial charge in [-0.05, 0) is 75.0 Å². The average Bonchev–Trinajstić information content (AvgIpc) is 3.18. The third-order valence-corrected chi connectivity index (χ3v) is 10.7. The van der Waals surface area contributed by atoms with Gasteiger partial charge in [-0.3, -0.25) is 0 Å². The molecule has 3 rings (SSSR count). The van der Waals surface area contributed by atoms with Gasteiger partial charge in [0.15, 0.2) is 0 Å². The van der Waals surface area contributed by atoms with Crippen LogP contribution in [0.5, 0.6) is 0 Å². The van der Waals surface area contributed by atoms with E-state index >= 15 is 0 Å². The lowest BCUT2D eigenvalue weighted by atomic mass is 9.63. The molecule has 0 bridgehead atoms. The Kier molecular flexibility index (Phi) is 10.2. The Balaban J connectivity index is 1.66. The normalized spacial score (nSPS) is 37.8. The van der Waals surface area contributed by atoms with E-state index in [4.69, 9.17) is 9.84 Å². The summed E-state index contributed by atoms with van der Waals surface area (Å²) in [6.07, 6.45) is 11.1. The van der Waals surface area contributed by atoms with E-state index in [1.165, 1.54) is 31.3 Å². The third-order valence-electron chi connectivity index (χ3n) is 9.17. The van der Waals surface area contributed by atoms with Gasteiger partial charge in [-0.15, -0.1) is 0 Å². The monoisotopic (exact) mass is 496 g/mol. The molecular weight excluding hydrogens is 448 g/mol. The highest BCUT2D eigenvalue weighted by atomic mass is 32.2. The molecule has 3 saturated carbocycles. The number of aliphatic hydroxyl groups is 4. The van der Waals surface area contributed by atoms with Crippen molar-refractivity contribution < 1.29 is 25.2 Å². The summed E-state index contributed by atoms with van der Waals surface area (Å²) in [7, 11) is 0. The minimum absolute atomic E-state index is 0.110. The molecule has 0 aliphatic heterocycles. The first-order chi connectivity index (χ1) is 16.2. The van der Waals surface area contributed by atoms with Crippen LogP contribution in [0.15, 0.2) is 23.3 Å². The zero-order chi connectivity index (χ0) is 24.9. The molecule has 0 heterocycles. The topological polar surface area (TPSA) is 90.2 Å². The maximum absolute atomic E-state index is 10.8. The standard InChI is InChI=1S/C28H48O5S/c1-5-28(32,6-2)18-34-19(3)22-11-12-23-21(8-7-13-27(22,23)4)10-9-20-16-24(30)26(25(31)17-20)33-15-14-29/h9-10,19,22-26,29-32H,5-8,11-18H2,1-4H3/b20-9?,21-10+/t19-,22-,23+,24-,25?,26?,27-/m1/s1. The van der Waals surface area contributed by atoms with Crippen molar-refractivity contribution in [2.75, 3.05) is 19.0 Å². The quantitative estimate of drug-likeness (QED) is 0.353. The Morgan fingerprint density at radius 3 is 2.44 bits per heavy atom. The lowest BCUT2D eigenvalue weighted by Gasteiger charge is -2.44. The van der Waals surface area contributed by atoms with E-state index in [1.807, 2.05) is 11.8 Å². The van der Waals surface area contributed by atoms with Crippen LogP contribution in [-0.4, -0.2) is 68.6 Å².